The van der Waals surface area contributed by atoms with Crippen molar-refractivity contribution in [3.8, 4) is 5.69 Å². The van der Waals surface area contributed by atoms with Crippen LogP contribution in [0.5, 0.6) is 0 Å². The molecule has 1 unspecified atom stereocenters. The first-order chi connectivity index (χ1) is 18.2. The molecule has 1 atom stereocenters. The van der Waals surface area contributed by atoms with Gasteiger partial charge in [0.2, 0.25) is 5.91 Å². The van der Waals surface area contributed by atoms with Crippen LogP contribution in [0.15, 0.2) is 41.3 Å². The molecular weight excluding hydrogens is 520 g/mol. The summed E-state index contributed by atoms with van der Waals surface area (Å²) >= 11 is 0. The Morgan fingerprint density at radius 3 is 2.41 bits per heavy atom. The molecule has 0 saturated carbocycles. The van der Waals surface area contributed by atoms with Crippen molar-refractivity contribution in [3.05, 3.63) is 52.6 Å². The number of carbonyl (C=O) groups excluding carboxylic acids is 2. The first-order valence-corrected chi connectivity index (χ1v) is 13.5. The van der Waals surface area contributed by atoms with Crippen molar-refractivity contribution in [3.63, 3.8) is 0 Å². The zero-order chi connectivity index (χ0) is 27.1. The molecule has 2 saturated heterocycles. The third-order valence-electron chi connectivity index (χ3n) is 7.08. The topological polar surface area (TPSA) is 138 Å². The van der Waals surface area contributed by atoms with E-state index >= 15 is 0 Å². The van der Waals surface area contributed by atoms with Crippen molar-refractivity contribution in [1.82, 2.24) is 30.0 Å². The highest BCUT2D eigenvalue weighted by Crippen LogP contribution is 2.12. The molecule has 5 N–H and O–H groups in total. The molecule has 2 aromatic rings. The van der Waals surface area contributed by atoms with E-state index in [4.69, 9.17) is 5.73 Å². The van der Waals surface area contributed by atoms with E-state index in [0.29, 0.717) is 32.2 Å². The van der Waals surface area contributed by atoms with Gasteiger partial charge in [-0.05, 0) is 82.9 Å². The van der Waals surface area contributed by atoms with Gasteiger partial charge in [-0.25, -0.2) is 9.59 Å². The maximum absolute atomic E-state index is 12.7. The van der Waals surface area contributed by atoms with Gasteiger partial charge in [0.05, 0.1) is 11.2 Å². The fraction of sp³-hybridized carbons (Fsp3) is 0.556. The molecule has 12 heteroatoms. The number of anilines is 1. The first kappa shape index (κ1) is 30.6. The molecular formula is C27H41ClN8O3. The van der Waals surface area contributed by atoms with Crippen LogP contribution in [0.25, 0.3) is 5.69 Å². The Hall–Kier alpha value is -2.99. The minimum Gasteiger partial charge on any atom is -0.338 e. The molecule has 3 amide bonds. The molecule has 1 aromatic carbocycles. The van der Waals surface area contributed by atoms with Gasteiger partial charge in [0.25, 0.3) is 0 Å². The van der Waals surface area contributed by atoms with Gasteiger partial charge in [0, 0.05) is 38.4 Å². The number of carbonyl (C=O) groups is 2. The normalized spacial score (nSPS) is 18.2. The summed E-state index contributed by atoms with van der Waals surface area (Å²) in [6.07, 6.45) is 6.13. The van der Waals surface area contributed by atoms with Crippen LogP contribution in [0.3, 0.4) is 0 Å². The summed E-state index contributed by atoms with van der Waals surface area (Å²) in [6, 6.07) is 9.71. The third kappa shape index (κ3) is 8.50. The molecule has 2 aliphatic heterocycles. The Bertz CT molecular complexity index is 1150. The van der Waals surface area contributed by atoms with E-state index in [2.05, 4.69) is 20.9 Å². The van der Waals surface area contributed by atoms with Gasteiger partial charge in [-0.1, -0.05) is 12.1 Å². The quantitative estimate of drug-likeness (QED) is 0.401. The van der Waals surface area contributed by atoms with Crippen LogP contribution >= 0.6 is 12.4 Å². The molecule has 214 valence electrons. The van der Waals surface area contributed by atoms with Gasteiger partial charge in [-0.2, -0.15) is 4.98 Å². The summed E-state index contributed by atoms with van der Waals surface area (Å²) in [5, 5.41) is 9.79. The number of benzene rings is 1. The lowest BCUT2D eigenvalue weighted by Gasteiger charge is -2.37. The van der Waals surface area contributed by atoms with E-state index < -0.39 is 11.2 Å². The first-order valence-electron chi connectivity index (χ1n) is 13.5. The van der Waals surface area contributed by atoms with Gasteiger partial charge in [-0.15, -0.1) is 12.4 Å². The lowest BCUT2D eigenvalue weighted by atomic mass is 10.1. The molecule has 4 rings (SSSR count). The molecule has 1 aromatic heterocycles. The van der Waals surface area contributed by atoms with Crippen LogP contribution in [0.4, 0.5) is 10.6 Å². The van der Waals surface area contributed by atoms with Crippen molar-refractivity contribution >= 4 is 30.2 Å². The Labute approximate surface area is 235 Å². The number of aromatic nitrogens is 2. The van der Waals surface area contributed by atoms with E-state index in [9.17, 15) is 14.4 Å². The monoisotopic (exact) mass is 560 g/mol. The predicted octanol–water partition coefficient (Wildman–Crippen LogP) is 1.34. The van der Waals surface area contributed by atoms with Crippen LogP contribution in [0.2, 0.25) is 0 Å². The van der Waals surface area contributed by atoms with E-state index in [0.717, 1.165) is 38.2 Å². The summed E-state index contributed by atoms with van der Waals surface area (Å²) in [5.41, 5.74) is 6.41. The molecule has 0 bridgehead atoms. The Morgan fingerprint density at radius 2 is 1.74 bits per heavy atom. The molecule has 2 fully saturated rings. The van der Waals surface area contributed by atoms with E-state index in [1.54, 1.807) is 35.9 Å². The number of nitrogens with one attached hydrogen (secondary N) is 3. The zero-order valence-electron chi connectivity index (χ0n) is 22.8. The molecule has 0 spiro atoms. The lowest BCUT2D eigenvalue weighted by Crippen LogP contribution is -2.58. The van der Waals surface area contributed by atoms with Gasteiger partial charge < -0.3 is 26.2 Å². The minimum atomic E-state index is -0.942. The van der Waals surface area contributed by atoms with Crippen LogP contribution in [0, 0.1) is 0 Å². The standard InChI is InChI=1S/C27H40N8O3.ClH/c1-27(2,28)24(36)33-16-18-34(19-17-33)25(37)31-23-11-15-35(26(38)32-23)22-7-5-20(6-8-22)9-14-30-21-4-3-12-29-13-10-21;/h5-8,11,15,21,29-30H,3-4,9-10,12-14,16-19,28H2,1-2H3,(H,31,32,37,38);1H. The van der Waals surface area contributed by atoms with Gasteiger partial charge >= 0.3 is 11.7 Å². The smallest absolute Gasteiger partial charge is 0.338 e. The highest BCUT2D eigenvalue weighted by molar-refractivity contribution is 5.89. The summed E-state index contributed by atoms with van der Waals surface area (Å²) < 4.78 is 1.45. The second-order valence-corrected chi connectivity index (χ2v) is 10.6. The van der Waals surface area contributed by atoms with Crippen LogP contribution in [-0.4, -0.2) is 88.7 Å². The van der Waals surface area contributed by atoms with E-state index in [1.165, 1.54) is 23.0 Å². The maximum Gasteiger partial charge on any atom is 0.354 e. The highest BCUT2D eigenvalue weighted by Gasteiger charge is 2.31. The highest BCUT2D eigenvalue weighted by atomic mass is 35.5. The van der Waals surface area contributed by atoms with Crippen molar-refractivity contribution in [1.29, 1.82) is 0 Å². The lowest BCUT2D eigenvalue weighted by molar-refractivity contribution is -0.137. The number of nitrogens with zero attached hydrogens (tertiary/aromatic N) is 4. The SMILES string of the molecule is CC(C)(N)C(=O)N1CCN(C(=O)Nc2ccn(-c3ccc(CCNC4CCCNCC4)cc3)c(=O)n2)CC1.Cl. The third-order valence-corrected chi connectivity index (χ3v) is 7.08. The summed E-state index contributed by atoms with van der Waals surface area (Å²) in [6.45, 7) is 8.03. The molecule has 0 aliphatic carbocycles. The number of urea groups is 1. The van der Waals surface area contributed by atoms with Crippen molar-refractivity contribution < 1.29 is 9.59 Å². The van der Waals surface area contributed by atoms with Crippen molar-refractivity contribution in [2.75, 3.05) is 51.1 Å². The fourth-order valence-corrected chi connectivity index (χ4v) is 4.85. The average molecular weight is 561 g/mol. The predicted molar refractivity (Wildman–Crippen MR) is 155 cm³/mol. The summed E-state index contributed by atoms with van der Waals surface area (Å²) in [4.78, 5) is 45.0. The van der Waals surface area contributed by atoms with E-state index in [-0.39, 0.29) is 30.2 Å². The van der Waals surface area contributed by atoms with E-state index in [1.807, 2.05) is 24.3 Å². The Balaban J connectivity index is 0.00000420. The Morgan fingerprint density at radius 1 is 1.05 bits per heavy atom. The van der Waals surface area contributed by atoms with Gasteiger partial charge in [0.15, 0.2) is 0 Å². The van der Waals surface area contributed by atoms with Gasteiger partial charge in [-0.3, -0.25) is 14.7 Å². The average Bonchev–Trinajstić information content (AvgIpc) is 3.17. The summed E-state index contributed by atoms with van der Waals surface area (Å²) in [7, 11) is 0. The Kier molecular flexibility index (Phi) is 10.9. The minimum absolute atomic E-state index is 0. The fourth-order valence-electron chi connectivity index (χ4n) is 4.85. The maximum atomic E-state index is 12.7. The number of rotatable bonds is 7. The van der Waals surface area contributed by atoms with Crippen LogP contribution in [0.1, 0.15) is 38.7 Å². The molecule has 3 heterocycles. The number of nitrogens with two attached hydrogens (primary N) is 1. The molecule has 39 heavy (non-hydrogen) atoms. The number of hydrogen-bond donors (Lipinski definition) is 4. The second-order valence-electron chi connectivity index (χ2n) is 10.6. The molecule has 11 nitrogen and oxygen atoms in total. The van der Waals surface area contributed by atoms with Gasteiger partial charge in [0.1, 0.15) is 5.82 Å². The number of piperazine rings is 1. The number of hydrogen-bond acceptors (Lipinski definition) is 7. The summed E-state index contributed by atoms with van der Waals surface area (Å²) in [5.74, 6) is 0.0503. The van der Waals surface area contributed by atoms with Crippen molar-refractivity contribution in [2.45, 2.75) is 51.1 Å². The second kappa shape index (κ2) is 13.9. The van der Waals surface area contributed by atoms with Crippen molar-refractivity contribution in [2.24, 2.45) is 5.73 Å². The molecule has 2 aliphatic rings. The number of amides is 3. The number of halogens is 1. The van der Waals surface area contributed by atoms with Crippen LogP contribution in [-0.2, 0) is 11.2 Å². The largest absolute Gasteiger partial charge is 0.354 e. The molecule has 0 radical (unpaired) electrons. The van der Waals surface area contributed by atoms with Crippen LogP contribution < -0.4 is 27.4 Å². The zero-order valence-corrected chi connectivity index (χ0v) is 23.6.